The van der Waals surface area contributed by atoms with Crippen LogP contribution in [0.25, 0.3) is 0 Å². The van der Waals surface area contributed by atoms with E-state index in [4.69, 9.17) is 4.74 Å². The van der Waals surface area contributed by atoms with Crippen LogP contribution in [0.5, 0.6) is 0 Å². The van der Waals surface area contributed by atoms with Gasteiger partial charge in [0.25, 0.3) is 0 Å². The summed E-state index contributed by atoms with van der Waals surface area (Å²) in [7, 11) is -2.07. The van der Waals surface area contributed by atoms with E-state index in [0.29, 0.717) is 18.4 Å². The van der Waals surface area contributed by atoms with Gasteiger partial charge >= 0.3 is 0 Å². The predicted molar refractivity (Wildman–Crippen MR) is 137 cm³/mol. The van der Waals surface area contributed by atoms with Gasteiger partial charge in [-0.1, -0.05) is 54.6 Å². The monoisotopic (exact) mass is 577 g/mol. The molecule has 6 heteroatoms. The number of hydrogen-bond acceptors (Lipinski definition) is 3. The zero-order valence-electron chi connectivity index (χ0n) is 18.1. The molecule has 1 aliphatic rings. The highest BCUT2D eigenvalue weighted by molar-refractivity contribution is 8.93. The number of rotatable bonds is 8. The second kappa shape index (κ2) is 13.4. The molecule has 3 nitrogen and oxygen atoms in total. The van der Waals surface area contributed by atoms with E-state index < -0.39 is 7.26 Å². The Labute approximate surface area is 213 Å². The summed E-state index contributed by atoms with van der Waals surface area (Å²) in [5.74, 6) is 0.339. The smallest absolute Gasteiger partial charge is 0.172 e. The Hall–Kier alpha value is -1.36. The van der Waals surface area contributed by atoms with Crippen LogP contribution in [0, 0.1) is 0 Å². The SMILES string of the molecule is Br.O=C(CCN1CCOCC1)C[P+](c1ccccc1)(c1ccccc1)c1ccccc1.[Br-]. The third-order valence-electron chi connectivity index (χ3n) is 5.81. The molecule has 3 aromatic rings. The molecule has 4 rings (SSSR count). The van der Waals surface area contributed by atoms with Crippen LogP contribution in [-0.4, -0.2) is 49.7 Å². The molecule has 1 aliphatic heterocycles. The first kappa shape index (κ1) is 26.9. The van der Waals surface area contributed by atoms with Crippen LogP contribution in [0.15, 0.2) is 91.0 Å². The van der Waals surface area contributed by atoms with Gasteiger partial charge in [-0.15, -0.1) is 17.0 Å². The van der Waals surface area contributed by atoms with Gasteiger partial charge < -0.3 is 21.7 Å². The van der Waals surface area contributed by atoms with E-state index in [1.54, 1.807) is 0 Å². The quantitative estimate of drug-likeness (QED) is 0.371. The fraction of sp³-hybridized carbons (Fsp3) is 0.269. The highest BCUT2D eigenvalue weighted by Gasteiger charge is 2.46. The van der Waals surface area contributed by atoms with Crippen LogP contribution < -0.4 is 32.9 Å². The molecule has 170 valence electrons. The third kappa shape index (κ3) is 6.36. The number of Topliss-reactive ketones (excluding diaryl/α,β-unsaturated/α-hetero) is 1. The number of benzene rings is 3. The molecule has 3 aromatic carbocycles. The van der Waals surface area contributed by atoms with Crippen LogP contribution in [0.2, 0.25) is 0 Å². The van der Waals surface area contributed by atoms with Crippen molar-refractivity contribution in [1.29, 1.82) is 0 Å². The Balaban J connectivity index is 0.00000181. The first-order chi connectivity index (χ1) is 14.8. The van der Waals surface area contributed by atoms with Gasteiger partial charge in [-0.2, -0.15) is 0 Å². The van der Waals surface area contributed by atoms with E-state index >= 15 is 0 Å². The second-order valence-corrected chi connectivity index (χ2v) is 11.2. The summed E-state index contributed by atoms with van der Waals surface area (Å²) in [6.07, 6.45) is 1.16. The first-order valence-corrected chi connectivity index (χ1v) is 12.6. The van der Waals surface area contributed by atoms with Crippen LogP contribution >= 0.6 is 24.2 Å². The molecule has 0 amide bonds. The number of nitrogens with zero attached hydrogens (tertiary/aromatic N) is 1. The van der Waals surface area contributed by atoms with Gasteiger partial charge in [-0.3, -0.25) is 9.69 Å². The Morgan fingerprint density at radius 3 is 1.56 bits per heavy atom. The zero-order valence-corrected chi connectivity index (χ0v) is 22.3. The van der Waals surface area contributed by atoms with E-state index in [0.717, 1.165) is 32.8 Å². The summed E-state index contributed by atoms with van der Waals surface area (Å²) in [5, 5.41) is 3.80. The second-order valence-electron chi connectivity index (χ2n) is 7.72. The van der Waals surface area contributed by atoms with Crippen molar-refractivity contribution in [3.63, 3.8) is 0 Å². The average Bonchev–Trinajstić information content (AvgIpc) is 2.83. The van der Waals surface area contributed by atoms with E-state index in [-0.39, 0.29) is 34.0 Å². The molecule has 0 unspecified atom stereocenters. The Morgan fingerprint density at radius 1 is 0.750 bits per heavy atom. The largest absolute Gasteiger partial charge is 1.00 e. The average molecular weight is 579 g/mol. The van der Waals surface area contributed by atoms with E-state index in [1.165, 1.54) is 15.9 Å². The number of hydrogen-bond donors (Lipinski definition) is 0. The fourth-order valence-corrected chi connectivity index (χ4v) is 8.39. The molecule has 1 heterocycles. The molecular weight excluding hydrogens is 549 g/mol. The topological polar surface area (TPSA) is 29.5 Å². The highest BCUT2D eigenvalue weighted by atomic mass is 79.9. The summed E-state index contributed by atoms with van der Waals surface area (Å²) in [6.45, 7) is 4.19. The molecule has 0 radical (unpaired) electrons. The number of carbonyl (C=O) groups excluding carboxylic acids is 1. The molecule has 32 heavy (non-hydrogen) atoms. The van der Waals surface area contributed by atoms with Gasteiger partial charge in [0.15, 0.2) is 5.78 Å². The lowest BCUT2D eigenvalue weighted by molar-refractivity contribution is -0.117. The molecule has 0 aromatic heterocycles. The predicted octanol–water partition coefficient (Wildman–Crippen LogP) is 0.854. The number of halogens is 2. The zero-order chi connectivity index (χ0) is 20.7. The number of ether oxygens (including phenoxy) is 1. The molecule has 0 atom stereocenters. The molecule has 0 bridgehead atoms. The normalized spacial score (nSPS) is 14.1. The summed E-state index contributed by atoms with van der Waals surface area (Å²) in [5.41, 5.74) is 0. The Kier molecular flexibility index (Phi) is 11.2. The van der Waals surface area contributed by atoms with Gasteiger partial charge in [0.1, 0.15) is 29.3 Å². The van der Waals surface area contributed by atoms with Crippen LogP contribution in [-0.2, 0) is 9.53 Å². The third-order valence-corrected chi connectivity index (χ3v) is 10.2. The number of ketones is 1. The summed E-state index contributed by atoms with van der Waals surface area (Å²) < 4.78 is 5.44. The molecule has 0 N–H and O–H groups in total. The van der Waals surface area contributed by atoms with Crippen LogP contribution in [0.3, 0.4) is 0 Å². The van der Waals surface area contributed by atoms with Gasteiger partial charge in [-0.25, -0.2) is 0 Å². The molecule has 0 saturated carbocycles. The van der Waals surface area contributed by atoms with E-state index in [1.807, 2.05) is 0 Å². The van der Waals surface area contributed by atoms with Crippen molar-refractivity contribution < 1.29 is 26.5 Å². The summed E-state index contributed by atoms with van der Waals surface area (Å²) in [4.78, 5) is 15.7. The van der Waals surface area contributed by atoms with Crippen LogP contribution in [0.1, 0.15) is 6.42 Å². The van der Waals surface area contributed by atoms with E-state index in [9.17, 15) is 4.79 Å². The maximum Gasteiger partial charge on any atom is 0.172 e. The van der Waals surface area contributed by atoms with Crippen molar-refractivity contribution in [2.75, 3.05) is 39.0 Å². The van der Waals surface area contributed by atoms with Crippen molar-refractivity contribution in [3.05, 3.63) is 91.0 Å². The van der Waals surface area contributed by atoms with Gasteiger partial charge in [0.05, 0.1) is 13.2 Å². The lowest BCUT2D eigenvalue weighted by Crippen LogP contribution is -3.00. The Morgan fingerprint density at radius 2 is 1.16 bits per heavy atom. The van der Waals surface area contributed by atoms with Crippen molar-refractivity contribution in [1.82, 2.24) is 4.90 Å². The molecule has 0 aliphatic carbocycles. The minimum atomic E-state index is -2.07. The minimum absolute atomic E-state index is 0. The van der Waals surface area contributed by atoms with Crippen molar-refractivity contribution >= 4 is 45.9 Å². The Bertz CT molecular complexity index is 839. The minimum Gasteiger partial charge on any atom is -1.00 e. The van der Waals surface area contributed by atoms with Gasteiger partial charge in [0, 0.05) is 26.1 Å². The standard InChI is InChI=1S/C26H29NO2P.2BrH/c28-23(16-17-27-18-20-29-21-19-27)22-30(24-10-4-1-5-11-24,25-12-6-2-7-13-25)26-14-8-3-9-15-26;;/h1-15H,16-22H2;2*1H/q+1;;/p-1. The molecular formula is C26H30Br2NO2P. The summed E-state index contributed by atoms with van der Waals surface area (Å²) >= 11 is 0. The molecule has 1 saturated heterocycles. The van der Waals surface area contributed by atoms with E-state index in [2.05, 4.69) is 95.9 Å². The van der Waals surface area contributed by atoms with Crippen molar-refractivity contribution in [2.45, 2.75) is 6.42 Å². The fourth-order valence-electron chi connectivity index (χ4n) is 4.22. The van der Waals surface area contributed by atoms with Gasteiger partial charge in [0.2, 0.25) is 0 Å². The molecule has 1 fully saturated rings. The summed E-state index contributed by atoms with van der Waals surface area (Å²) in [6, 6.07) is 31.9. The highest BCUT2D eigenvalue weighted by Crippen LogP contribution is 2.55. The lowest BCUT2D eigenvalue weighted by atomic mass is 10.3. The lowest BCUT2D eigenvalue weighted by Gasteiger charge is -2.28. The van der Waals surface area contributed by atoms with Crippen molar-refractivity contribution in [2.24, 2.45) is 0 Å². The number of morpholine rings is 1. The maximum absolute atomic E-state index is 13.4. The molecule has 0 spiro atoms. The van der Waals surface area contributed by atoms with Crippen molar-refractivity contribution in [3.8, 4) is 0 Å². The van der Waals surface area contributed by atoms with Gasteiger partial charge in [-0.05, 0) is 36.4 Å². The number of carbonyl (C=O) groups is 1. The van der Waals surface area contributed by atoms with Crippen LogP contribution in [0.4, 0.5) is 0 Å². The maximum atomic E-state index is 13.4. The first-order valence-electron chi connectivity index (χ1n) is 10.7.